The fraction of sp³-hybridized carbons (Fsp3) is 0.667. The van der Waals surface area contributed by atoms with Gasteiger partial charge in [0.25, 0.3) is 0 Å². The van der Waals surface area contributed by atoms with Crippen LogP contribution < -0.4 is 5.32 Å². The third-order valence-corrected chi connectivity index (χ3v) is 4.28. The van der Waals surface area contributed by atoms with Crippen LogP contribution in [-0.2, 0) is 6.42 Å². The van der Waals surface area contributed by atoms with Gasteiger partial charge in [0.15, 0.2) is 0 Å². The molecule has 1 aliphatic heterocycles. The number of benzene rings is 1. The Balaban J connectivity index is 1.60. The number of nitrogens with one attached hydrogen (secondary N) is 1. The first kappa shape index (κ1) is 15.5. The summed E-state index contributed by atoms with van der Waals surface area (Å²) in [6, 6.07) is 11.6. The Hall–Kier alpha value is -0.860. The van der Waals surface area contributed by atoms with Gasteiger partial charge in [-0.1, -0.05) is 37.3 Å². The molecular formula is C18H30N2. The summed E-state index contributed by atoms with van der Waals surface area (Å²) in [5.74, 6) is 0. The smallest absolute Gasteiger partial charge is 0.00797 e. The van der Waals surface area contributed by atoms with Crippen LogP contribution in [0.2, 0.25) is 0 Å². The monoisotopic (exact) mass is 274 g/mol. The molecular weight excluding hydrogens is 244 g/mol. The molecule has 0 saturated carbocycles. The van der Waals surface area contributed by atoms with E-state index < -0.39 is 0 Å². The van der Waals surface area contributed by atoms with E-state index in [1.165, 1.54) is 63.7 Å². The zero-order valence-electron chi connectivity index (χ0n) is 13.0. The van der Waals surface area contributed by atoms with Crippen molar-refractivity contribution in [2.75, 3.05) is 26.2 Å². The van der Waals surface area contributed by atoms with Crippen LogP contribution in [0.1, 0.15) is 44.6 Å². The largest absolute Gasteiger partial charge is 0.314 e. The summed E-state index contributed by atoms with van der Waals surface area (Å²) in [5.41, 5.74) is 1.46. The van der Waals surface area contributed by atoms with E-state index >= 15 is 0 Å². The molecule has 0 radical (unpaired) electrons. The average Bonchev–Trinajstić information content (AvgIpc) is 2.71. The second-order valence-electron chi connectivity index (χ2n) is 6.01. The van der Waals surface area contributed by atoms with Gasteiger partial charge >= 0.3 is 0 Å². The van der Waals surface area contributed by atoms with Gasteiger partial charge in [0.2, 0.25) is 0 Å². The van der Waals surface area contributed by atoms with E-state index in [2.05, 4.69) is 47.5 Å². The van der Waals surface area contributed by atoms with E-state index in [1.807, 2.05) is 0 Å². The lowest BCUT2D eigenvalue weighted by Crippen LogP contribution is -2.32. The highest BCUT2D eigenvalue weighted by molar-refractivity contribution is 5.14. The molecule has 1 aromatic carbocycles. The van der Waals surface area contributed by atoms with E-state index in [1.54, 1.807) is 0 Å². The van der Waals surface area contributed by atoms with Crippen LogP contribution >= 0.6 is 0 Å². The number of aryl methyl sites for hydroxylation is 1. The molecule has 2 heteroatoms. The van der Waals surface area contributed by atoms with Gasteiger partial charge in [-0.15, -0.1) is 0 Å². The molecule has 0 spiro atoms. The minimum atomic E-state index is 0.743. The summed E-state index contributed by atoms with van der Waals surface area (Å²) in [6.07, 6.45) is 7.77. The molecule has 0 aromatic heterocycles. The van der Waals surface area contributed by atoms with E-state index in [4.69, 9.17) is 0 Å². The van der Waals surface area contributed by atoms with Crippen LogP contribution in [0.25, 0.3) is 0 Å². The quantitative estimate of drug-likeness (QED) is 0.766. The van der Waals surface area contributed by atoms with Gasteiger partial charge in [-0.25, -0.2) is 0 Å². The molecule has 2 nitrogen and oxygen atoms in total. The summed E-state index contributed by atoms with van der Waals surface area (Å²) >= 11 is 0. The van der Waals surface area contributed by atoms with E-state index in [-0.39, 0.29) is 0 Å². The summed E-state index contributed by atoms with van der Waals surface area (Å²) < 4.78 is 0. The van der Waals surface area contributed by atoms with Crippen LogP contribution in [-0.4, -0.2) is 37.1 Å². The van der Waals surface area contributed by atoms with Crippen LogP contribution in [0.15, 0.2) is 30.3 Å². The van der Waals surface area contributed by atoms with Crippen molar-refractivity contribution in [1.29, 1.82) is 0 Å². The molecule has 1 atom stereocenters. The second kappa shape index (κ2) is 9.15. The predicted octanol–water partition coefficient (Wildman–Crippen LogP) is 3.47. The third kappa shape index (κ3) is 5.64. The van der Waals surface area contributed by atoms with Gasteiger partial charge in [-0.2, -0.15) is 0 Å². The lowest BCUT2D eigenvalue weighted by Gasteiger charge is -2.19. The number of likely N-dealkylation sites (tertiary alicyclic amines) is 1. The van der Waals surface area contributed by atoms with Crippen LogP contribution in [0.5, 0.6) is 0 Å². The molecule has 1 aromatic rings. The Morgan fingerprint density at radius 3 is 2.80 bits per heavy atom. The minimum absolute atomic E-state index is 0.743. The van der Waals surface area contributed by atoms with Crippen molar-refractivity contribution in [3.05, 3.63) is 35.9 Å². The van der Waals surface area contributed by atoms with Crippen molar-refractivity contribution in [3.8, 4) is 0 Å². The van der Waals surface area contributed by atoms with Gasteiger partial charge in [-0.05, 0) is 70.3 Å². The van der Waals surface area contributed by atoms with Crippen LogP contribution in [0.4, 0.5) is 0 Å². The summed E-state index contributed by atoms with van der Waals surface area (Å²) in [4.78, 5) is 2.63. The number of hydrogen-bond acceptors (Lipinski definition) is 2. The Morgan fingerprint density at radius 1 is 1.15 bits per heavy atom. The van der Waals surface area contributed by atoms with E-state index in [0.717, 1.165) is 12.6 Å². The van der Waals surface area contributed by atoms with Crippen molar-refractivity contribution in [3.63, 3.8) is 0 Å². The molecule has 1 N–H and O–H groups in total. The van der Waals surface area contributed by atoms with E-state index in [9.17, 15) is 0 Å². The molecule has 20 heavy (non-hydrogen) atoms. The number of hydrogen-bond donors (Lipinski definition) is 1. The standard InChI is InChI=1S/C18H30N2/c1-2-14-20-15-7-11-18(12-16-20)19-13-6-10-17-8-4-3-5-9-17/h3-5,8-9,18-19H,2,6-7,10-16H2,1H3. The summed E-state index contributed by atoms with van der Waals surface area (Å²) in [5, 5.41) is 3.77. The maximum atomic E-state index is 3.77. The molecule has 1 heterocycles. The molecule has 112 valence electrons. The fourth-order valence-corrected chi connectivity index (χ4v) is 3.14. The van der Waals surface area contributed by atoms with Gasteiger partial charge in [0, 0.05) is 6.04 Å². The Morgan fingerprint density at radius 2 is 2.00 bits per heavy atom. The number of nitrogens with zero attached hydrogens (tertiary/aromatic N) is 1. The fourth-order valence-electron chi connectivity index (χ4n) is 3.14. The van der Waals surface area contributed by atoms with Crippen molar-refractivity contribution >= 4 is 0 Å². The molecule has 1 unspecified atom stereocenters. The summed E-state index contributed by atoms with van der Waals surface area (Å²) in [7, 11) is 0. The molecule has 1 aliphatic rings. The van der Waals surface area contributed by atoms with Crippen LogP contribution in [0.3, 0.4) is 0 Å². The lowest BCUT2D eigenvalue weighted by atomic mass is 10.1. The first-order valence-corrected chi connectivity index (χ1v) is 8.38. The average molecular weight is 274 g/mol. The van der Waals surface area contributed by atoms with Crippen molar-refractivity contribution in [2.45, 2.75) is 51.5 Å². The Labute approximate surface area is 124 Å². The van der Waals surface area contributed by atoms with Gasteiger partial charge in [0.05, 0.1) is 0 Å². The highest BCUT2D eigenvalue weighted by Gasteiger charge is 2.15. The molecule has 2 rings (SSSR count). The van der Waals surface area contributed by atoms with Gasteiger partial charge < -0.3 is 10.2 Å². The Kier molecular flexibility index (Phi) is 7.10. The lowest BCUT2D eigenvalue weighted by molar-refractivity contribution is 0.282. The minimum Gasteiger partial charge on any atom is -0.314 e. The van der Waals surface area contributed by atoms with Crippen molar-refractivity contribution in [1.82, 2.24) is 10.2 Å². The topological polar surface area (TPSA) is 15.3 Å². The second-order valence-corrected chi connectivity index (χ2v) is 6.01. The Bertz CT molecular complexity index is 350. The molecule has 0 amide bonds. The third-order valence-electron chi connectivity index (χ3n) is 4.28. The molecule has 1 fully saturated rings. The van der Waals surface area contributed by atoms with Gasteiger partial charge in [0.1, 0.15) is 0 Å². The molecule has 0 bridgehead atoms. The first-order valence-electron chi connectivity index (χ1n) is 8.38. The van der Waals surface area contributed by atoms with Gasteiger partial charge in [-0.3, -0.25) is 0 Å². The SMILES string of the molecule is CCCN1CCCC(NCCCc2ccccc2)CC1. The van der Waals surface area contributed by atoms with Crippen molar-refractivity contribution < 1.29 is 0 Å². The first-order chi connectivity index (χ1) is 9.88. The number of rotatable bonds is 7. The molecule has 0 aliphatic carbocycles. The highest BCUT2D eigenvalue weighted by atomic mass is 15.1. The predicted molar refractivity (Wildman–Crippen MR) is 87.1 cm³/mol. The van der Waals surface area contributed by atoms with E-state index in [0.29, 0.717) is 0 Å². The zero-order valence-corrected chi connectivity index (χ0v) is 13.0. The maximum Gasteiger partial charge on any atom is 0.00797 e. The van der Waals surface area contributed by atoms with Crippen molar-refractivity contribution in [2.24, 2.45) is 0 Å². The highest BCUT2D eigenvalue weighted by Crippen LogP contribution is 2.11. The normalized spacial score (nSPS) is 20.8. The summed E-state index contributed by atoms with van der Waals surface area (Å²) in [6.45, 7) is 7.30. The maximum absolute atomic E-state index is 3.77. The van der Waals surface area contributed by atoms with Crippen LogP contribution in [0, 0.1) is 0 Å². The zero-order chi connectivity index (χ0) is 14.0. The molecule has 1 saturated heterocycles.